The minimum absolute atomic E-state index is 0.00416. The van der Waals surface area contributed by atoms with Crippen molar-refractivity contribution in [3.8, 4) is 0 Å². The Balaban J connectivity index is 1.36. The molecule has 3 rings (SSSR count). The Hall–Kier alpha value is -1.64. The lowest BCUT2D eigenvalue weighted by Crippen LogP contribution is -2.32. The molecule has 1 aliphatic rings. The molecule has 2 aromatic rings. The maximum atomic E-state index is 11.8. The molecule has 1 amide bonds. The summed E-state index contributed by atoms with van der Waals surface area (Å²) < 4.78 is 6.27. The first-order valence-corrected chi connectivity index (χ1v) is 9.72. The molecular formula is C16H20N4O2S2. The number of nitrogens with one attached hydrogen (secondary N) is 2. The van der Waals surface area contributed by atoms with Crippen molar-refractivity contribution in [2.45, 2.75) is 29.8 Å². The van der Waals surface area contributed by atoms with E-state index >= 15 is 0 Å². The number of ether oxygens (including phenoxy) is 1. The molecule has 0 unspecified atom stereocenters. The van der Waals surface area contributed by atoms with Gasteiger partial charge in [-0.2, -0.15) is 0 Å². The Bertz CT molecular complexity index is 645. The molecular weight excluding hydrogens is 344 g/mol. The van der Waals surface area contributed by atoms with E-state index in [2.05, 4.69) is 33.0 Å². The number of carbonyl (C=O) groups excluding carboxylic acids is 1. The fourth-order valence-electron chi connectivity index (χ4n) is 2.32. The van der Waals surface area contributed by atoms with Crippen LogP contribution in [0, 0.1) is 0 Å². The van der Waals surface area contributed by atoms with Crippen LogP contribution in [0.1, 0.15) is 18.4 Å². The standard InChI is InChI=1S/C16H20N4O2S2/c21-14(17-10-13-7-4-8-22-13)11-23-16-20-19-15(24-16)18-9-12-5-2-1-3-6-12/h1-3,5-6,13H,4,7-11H2,(H,17,21)(H,18,19)/t13-/m0/s1. The Morgan fingerprint density at radius 2 is 2.21 bits per heavy atom. The topological polar surface area (TPSA) is 76.1 Å². The number of anilines is 1. The molecule has 1 aromatic heterocycles. The molecule has 24 heavy (non-hydrogen) atoms. The number of nitrogens with zero attached hydrogens (tertiary/aromatic N) is 2. The van der Waals surface area contributed by atoms with Crippen molar-refractivity contribution in [2.75, 3.05) is 24.2 Å². The van der Waals surface area contributed by atoms with Crippen LogP contribution in [0.4, 0.5) is 5.13 Å². The van der Waals surface area contributed by atoms with E-state index in [0.717, 1.165) is 28.9 Å². The smallest absolute Gasteiger partial charge is 0.230 e. The van der Waals surface area contributed by atoms with Crippen molar-refractivity contribution in [3.05, 3.63) is 35.9 Å². The quantitative estimate of drug-likeness (QED) is 0.701. The summed E-state index contributed by atoms with van der Waals surface area (Å²) in [5, 5.41) is 15.1. The van der Waals surface area contributed by atoms with Gasteiger partial charge < -0.3 is 15.4 Å². The molecule has 1 aromatic carbocycles. The second kappa shape index (κ2) is 9.00. The van der Waals surface area contributed by atoms with Crippen LogP contribution in [0.25, 0.3) is 0 Å². The fraction of sp³-hybridized carbons (Fsp3) is 0.438. The van der Waals surface area contributed by atoms with E-state index in [4.69, 9.17) is 4.74 Å². The van der Waals surface area contributed by atoms with Gasteiger partial charge in [-0.05, 0) is 18.4 Å². The molecule has 0 saturated carbocycles. The van der Waals surface area contributed by atoms with Crippen LogP contribution >= 0.6 is 23.1 Å². The normalized spacial score (nSPS) is 16.9. The molecule has 0 spiro atoms. The third-order valence-electron chi connectivity index (χ3n) is 3.57. The Morgan fingerprint density at radius 1 is 1.33 bits per heavy atom. The molecule has 8 heteroatoms. The summed E-state index contributed by atoms with van der Waals surface area (Å²) in [5.41, 5.74) is 1.19. The van der Waals surface area contributed by atoms with E-state index in [1.807, 2.05) is 18.2 Å². The molecule has 1 aliphatic heterocycles. The van der Waals surface area contributed by atoms with Crippen LogP contribution in [0.5, 0.6) is 0 Å². The van der Waals surface area contributed by atoms with Crippen molar-refractivity contribution in [1.82, 2.24) is 15.5 Å². The highest BCUT2D eigenvalue weighted by molar-refractivity contribution is 8.01. The van der Waals surface area contributed by atoms with Crippen molar-refractivity contribution < 1.29 is 9.53 Å². The summed E-state index contributed by atoms with van der Waals surface area (Å²) in [6.07, 6.45) is 2.29. The molecule has 128 valence electrons. The lowest BCUT2D eigenvalue weighted by Gasteiger charge is -2.09. The summed E-state index contributed by atoms with van der Waals surface area (Å²) in [5.74, 6) is 0.351. The second-order valence-corrected chi connectivity index (χ2v) is 7.64. The van der Waals surface area contributed by atoms with Gasteiger partial charge in [-0.1, -0.05) is 53.4 Å². The average Bonchev–Trinajstić information content (AvgIpc) is 3.29. The first kappa shape index (κ1) is 17.2. The Kier molecular flexibility index (Phi) is 6.45. The van der Waals surface area contributed by atoms with Gasteiger partial charge in [0.2, 0.25) is 11.0 Å². The number of amides is 1. The van der Waals surface area contributed by atoms with Gasteiger partial charge in [0.1, 0.15) is 0 Å². The van der Waals surface area contributed by atoms with Crippen LogP contribution in [-0.2, 0) is 16.1 Å². The highest BCUT2D eigenvalue weighted by Crippen LogP contribution is 2.25. The number of thioether (sulfide) groups is 1. The average molecular weight is 364 g/mol. The molecule has 1 saturated heterocycles. The monoisotopic (exact) mass is 364 g/mol. The minimum Gasteiger partial charge on any atom is -0.376 e. The predicted octanol–water partition coefficient (Wildman–Crippen LogP) is 2.54. The third kappa shape index (κ3) is 5.47. The summed E-state index contributed by atoms with van der Waals surface area (Å²) >= 11 is 2.87. The molecule has 0 aliphatic carbocycles. The van der Waals surface area contributed by atoms with Crippen LogP contribution < -0.4 is 10.6 Å². The van der Waals surface area contributed by atoms with Gasteiger partial charge in [0, 0.05) is 19.7 Å². The highest BCUT2D eigenvalue weighted by Gasteiger charge is 2.16. The number of hydrogen-bond donors (Lipinski definition) is 2. The maximum Gasteiger partial charge on any atom is 0.230 e. The zero-order chi connectivity index (χ0) is 16.6. The molecule has 0 bridgehead atoms. The van der Waals surface area contributed by atoms with Crippen LogP contribution in [0.3, 0.4) is 0 Å². The largest absolute Gasteiger partial charge is 0.376 e. The van der Waals surface area contributed by atoms with Crippen LogP contribution in [-0.4, -0.2) is 41.1 Å². The van der Waals surface area contributed by atoms with Crippen LogP contribution in [0.2, 0.25) is 0 Å². The fourth-order valence-corrected chi connectivity index (χ4v) is 3.90. The van der Waals surface area contributed by atoms with Gasteiger partial charge in [-0.15, -0.1) is 10.2 Å². The molecule has 6 nitrogen and oxygen atoms in total. The van der Waals surface area contributed by atoms with Crippen molar-refractivity contribution in [3.63, 3.8) is 0 Å². The number of rotatable bonds is 8. The zero-order valence-corrected chi connectivity index (χ0v) is 14.9. The predicted molar refractivity (Wildman–Crippen MR) is 96.4 cm³/mol. The Labute approximate surface area is 149 Å². The summed E-state index contributed by atoms with van der Waals surface area (Å²) in [7, 11) is 0. The van der Waals surface area contributed by atoms with Crippen molar-refractivity contribution in [1.29, 1.82) is 0 Å². The van der Waals surface area contributed by atoms with Gasteiger partial charge in [0.15, 0.2) is 4.34 Å². The lowest BCUT2D eigenvalue weighted by atomic mass is 10.2. The second-order valence-electron chi connectivity index (χ2n) is 5.44. The zero-order valence-electron chi connectivity index (χ0n) is 13.2. The number of hydrogen-bond acceptors (Lipinski definition) is 7. The molecule has 2 heterocycles. The summed E-state index contributed by atoms with van der Waals surface area (Å²) in [6, 6.07) is 10.1. The molecule has 1 fully saturated rings. The molecule has 2 N–H and O–H groups in total. The van der Waals surface area contributed by atoms with E-state index in [-0.39, 0.29) is 12.0 Å². The highest BCUT2D eigenvalue weighted by atomic mass is 32.2. The van der Waals surface area contributed by atoms with Gasteiger partial charge in [0.25, 0.3) is 0 Å². The SMILES string of the molecule is O=C(CSc1nnc(NCc2ccccc2)s1)NC[C@@H]1CCCO1. The maximum absolute atomic E-state index is 11.8. The van der Waals surface area contributed by atoms with Gasteiger partial charge in [-0.25, -0.2) is 0 Å². The minimum atomic E-state index is 0.00416. The molecule has 1 atom stereocenters. The summed E-state index contributed by atoms with van der Waals surface area (Å²) in [4.78, 5) is 11.8. The van der Waals surface area contributed by atoms with Crippen molar-refractivity contribution in [2.24, 2.45) is 0 Å². The number of aromatic nitrogens is 2. The van der Waals surface area contributed by atoms with E-state index < -0.39 is 0 Å². The van der Waals surface area contributed by atoms with Gasteiger partial charge in [-0.3, -0.25) is 4.79 Å². The summed E-state index contributed by atoms with van der Waals surface area (Å²) in [6.45, 7) is 2.11. The van der Waals surface area contributed by atoms with E-state index in [1.54, 1.807) is 0 Å². The van der Waals surface area contributed by atoms with E-state index in [9.17, 15) is 4.79 Å². The third-order valence-corrected chi connectivity index (χ3v) is 5.58. The molecule has 0 radical (unpaired) electrons. The first-order chi connectivity index (χ1) is 11.8. The lowest BCUT2D eigenvalue weighted by molar-refractivity contribution is -0.119. The van der Waals surface area contributed by atoms with E-state index in [1.165, 1.54) is 28.7 Å². The van der Waals surface area contributed by atoms with Gasteiger partial charge in [0.05, 0.1) is 11.9 Å². The van der Waals surface area contributed by atoms with Gasteiger partial charge >= 0.3 is 0 Å². The van der Waals surface area contributed by atoms with Crippen molar-refractivity contribution >= 4 is 34.1 Å². The number of carbonyl (C=O) groups is 1. The Morgan fingerprint density at radius 3 is 3.00 bits per heavy atom. The number of benzene rings is 1. The first-order valence-electron chi connectivity index (χ1n) is 7.92. The van der Waals surface area contributed by atoms with E-state index in [0.29, 0.717) is 18.8 Å². The van der Waals surface area contributed by atoms with Crippen LogP contribution in [0.15, 0.2) is 34.7 Å².